The van der Waals surface area contributed by atoms with Crippen LogP contribution in [-0.4, -0.2) is 41.0 Å². The van der Waals surface area contributed by atoms with Gasteiger partial charge in [-0.2, -0.15) is 13.2 Å². The third-order valence-corrected chi connectivity index (χ3v) is 5.58. The van der Waals surface area contributed by atoms with Crippen molar-refractivity contribution in [2.45, 2.75) is 31.9 Å². The summed E-state index contributed by atoms with van der Waals surface area (Å²) >= 11 is 0. The Labute approximate surface area is 171 Å². The van der Waals surface area contributed by atoms with Crippen LogP contribution in [0.2, 0.25) is 0 Å². The summed E-state index contributed by atoms with van der Waals surface area (Å²) in [6.45, 7) is 3.00. The predicted octanol–water partition coefficient (Wildman–Crippen LogP) is 4.92. The molecule has 1 aromatic carbocycles. The summed E-state index contributed by atoms with van der Waals surface area (Å²) in [6, 6.07) is 9.51. The van der Waals surface area contributed by atoms with Crippen LogP contribution in [0.25, 0.3) is 11.0 Å². The molecule has 1 N–H and O–H groups in total. The molecule has 0 unspecified atom stereocenters. The van der Waals surface area contributed by atoms with E-state index in [4.69, 9.17) is 4.74 Å². The molecule has 3 aromatic rings. The van der Waals surface area contributed by atoms with Crippen LogP contribution in [-0.2, 0) is 6.18 Å². The van der Waals surface area contributed by atoms with Gasteiger partial charge in [-0.3, -0.25) is 4.79 Å². The molecule has 3 heterocycles. The number of aromatic amines is 1. The molecule has 1 atom stereocenters. The Morgan fingerprint density at radius 2 is 2.07 bits per heavy atom. The van der Waals surface area contributed by atoms with Crippen LogP contribution in [0, 0.1) is 6.92 Å². The first-order chi connectivity index (χ1) is 14.3. The zero-order chi connectivity index (χ0) is 21.5. The molecule has 1 amide bonds. The van der Waals surface area contributed by atoms with Crippen molar-refractivity contribution in [3.05, 3.63) is 58.9 Å². The average Bonchev–Trinajstić information content (AvgIpc) is 3.16. The van der Waals surface area contributed by atoms with Gasteiger partial charge in [0.25, 0.3) is 5.91 Å². The van der Waals surface area contributed by atoms with E-state index in [1.807, 2.05) is 19.1 Å². The molecule has 0 aliphatic carbocycles. The maximum absolute atomic E-state index is 13.1. The fourth-order valence-electron chi connectivity index (χ4n) is 4.08. The lowest BCUT2D eigenvalue weighted by atomic mass is 9.94. The summed E-state index contributed by atoms with van der Waals surface area (Å²) in [4.78, 5) is 21.8. The lowest BCUT2D eigenvalue weighted by Crippen LogP contribution is -2.39. The number of halogens is 3. The molecule has 8 heteroatoms. The molecule has 0 spiro atoms. The number of amides is 1. The SMILES string of the molecule is COc1c(C)cccc1C(=O)N1CCC[C@H](c2cc3nc(C(F)(F)F)ccc3[nH]2)C1. The van der Waals surface area contributed by atoms with Gasteiger partial charge in [-0.25, -0.2) is 4.98 Å². The van der Waals surface area contributed by atoms with Gasteiger partial charge in [-0.1, -0.05) is 12.1 Å². The van der Waals surface area contributed by atoms with Crippen LogP contribution < -0.4 is 4.74 Å². The van der Waals surface area contributed by atoms with Crippen molar-refractivity contribution in [2.24, 2.45) is 0 Å². The molecule has 1 aliphatic heterocycles. The van der Waals surface area contributed by atoms with Gasteiger partial charge in [-0.05, 0) is 49.6 Å². The Hall–Kier alpha value is -3.03. The summed E-state index contributed by atoms with van der Waals surface area (Å²) in [5.41, 5.74) is 2.13. The summed E-state index contributed by atoms with van der Waals surface area (Å²) in [6.07, 6.45) is -2.83. The third kappa shape index (κ3) is 3.74. The number of para-hydroxylation sites is 1. The molecule has 1 aliphatic rings. The standard InChI is InChI=1S/C22H22F3N3O2/c1-13-5-3-7-15(20(13)30-2)21(29)28-10-4-6-14(12-28)17-11-18-16(26-17)8-9-19(27-18)22(23,24)25/h3,5,7-9,11,14,26H,4,6,10,12H2,1-2H3/t14-/m0/s1. The monoisotopic (exact) mass is 417 g/mol. The van der Waals surface area contributed by atoms with E-state index in [-0.39, 0.29) is 17.3 Å². The average molecular weight is 417 g/mol. The second kappa shape index (κ2) is 7.66. The zero-order valence-electron chi connectivity index (χ0n) is 16.7. The second-order valence-electron chi connectivity index (χ2n) is 7.60. The summed E-state index contributed by atoms with van der Waals surface area (Å²) in [5.74, 6) is 0.468. The number of alkyl halides is 3. The quantitative estimate of drug-likeness (QED) is 0.658. The number of benzene rings is 1. The number of H-pyrrole nitrogens is 1. The van der Waals surface area contributed by atoms with Crippen molar-refractivity contribution in [3.63, 3.8) is 0 Å². The molecule has 0 saturated carbocycles. The predicted molar refractivity (Wildman–Crippen MR) is 107 cm³/mol. The topological polar surface area (TPSA) is 58.2 Å². The molecule has 4 rings (SSSR count). The molecule has 30 heavy (non-hydrogen) atoms. The fourth-order valence-corrected chi connectivity index (χ4v) is 4.08. The first kappa shape index (κ1) is 20.3. The van der Waals surface area contributed by atoms with Crippen molar-refractivity contribution in [1.82, 2.24) is 14.9 Å². The van der Waals surface area contributed by atoms with Crippen LogP contribution in [0.4, 0.5) is 13.2 Å². The Morgan fingerprint density at radius 3 is 2.80 bits per heavy atom. The number of nitrogens with one attached hydrogen (secondary N) is 1. The van der Waals surface area contributed by atoms with Gasteiger partial charge >= 0.3 is 6.18 Å². The normalized spacial score (nSPS) is 17.4. The lowest BCUT2D eigenvalue weighted by molar-refractivity contribution is -0.140. The minimum Gasteiger partial charge on any atom is -0.496 e. The number of ether oxygens (including phenoxy) is 1. The molecule has 158 valence electrons. The number of piperidine rings is 1. The van der Waals surface area contributed by atoms with E-state index in [1.54, 1.807) is 24.1 Å². The van der Waals surface area contributed by atoms with Crippen molar-refractivity contribution in [3.8, 4) is 5.75 Å². The minimum atomic E-state index is -4.48. The van der Waals surface area contributed by atoms with E-state index < -0.39 is 11.9 Å². The first-order valence-electron chi connectivity index (χ1n) is 9.77. The maximum Gasteiger partial charge on any atom is 0.433 e. The van der Waals surface area contributed by atoms with Gasteiger partial charge in [0.1, 0.15) is 11.4 Å². The van der Waals surface area contributed by atoms with Gasteiger partial charge in [0, 0.05) is 24.7 Å². The van der Waals surface area contributed by atoms with E-state index in [0.29, 0.717) is 29.9 Å². The number of pyridine rings is 1. The van der Waals surface area contributed by atoms with Crippen LogP contribution in [0.3, 0.4) is 0 Å². The van der Waals surface area contributed by atoms with Crippen LogP contribution >= 0.6 is 0 Å². The smallest absolute Gasteiger partial charge is 0.433 e. The molecule has 1 fully saturated rings. The number of methoxy groups -OCH3 is 1. The number of likely N-dealkylation sites (tertiary alicyclic amines) is 1. The Kier molecular flexibility index (Phi) is 5.17. The van der Waals surface area contributed by atoms with Gasteiger partial charge < -0.3 is 14.6 Å². The van der Waals surface area contributed by atoms with Crippen molar-refractivity contribution in [2.75, 3.05) is 20.2 Å². The summed E-state index contributed by atoms with van der Waals surface area (Å²) in [5, 5.41) is 0. The van der Waals surface area contributed by atoms with E-state index in [1.165, 1.54) is 6.07 Å². The number of nitrogens with zero attached hydrogens (tertiary/aromatic N) is 2. The number of carbonyl (C=O) groups is 1. The molecular formula is C22H22F3N3O2. The lowest BCUT2D eigenvalue weighted by Gasteiger charge is -2.33. The summed E-state index contributed by atoms with van der Waals surface area (Å²) < 4.78 is 44.2. The van der Waals surface area contributed by atoms with E-state index in [2.05, 4.69) is 9.97 Å². The van der Waals surface area contributed by atoms with E-state index in [9.17, 15) is 18.0 Å². The van der Waals surface area contributed by atoms with Crippen molar-refractivity contribution >= 4 is 16.9 Å². The highest BCUT2D eigenvalue weighted by Gasteiger charge is 2.33. The van der Waals surface area contributed by atoms with Crippen molar-refractivity contribution < 1.29 is 22.7 Å². The highest BCUT2D eigenvalue weighted by molar-refractivity contribution is 5.97. The molecule has 1 saturated heterocycles. The van der Waals surface area contributed by atoms with E-state index in [0.717, 1.165) is 30.2 Å². The number of fused-ring (bicyclic) bond motifs is 1. The molecule has 2 aromatic heterocycles. The Balaban J connectivity index is 1.58. The van der Waals surface area contributed by atoms with Gasteiger partial charge in [0.15, 0.2) is 0 Å². The first-order valence-corrected chi connectivity index (χ1v) is 9.77. The maximum atomic E-state index is 13.1. The van der Waals surface area contributed by atoms with Gasteiger partial charge in [0.05, 0.1) is 23.7 Å². The van der Waals surface area contributed by atoms with Crippen molar-refractivity contribution in [1.29, 1.82) is 0 Å². The fraction of sp³-hybridized carbons (Fsp3) is 0.364. The second-order valence-corrected chi connectivity index (χ2v) is 7.60. The van der Waals surface area contributed by atoms with Gasteiger partial charge in [-0.15, -0.1) is 0 Å². The molecule has 5 nitrogen and oxygen atoms in total. The van der Waals surface area contributed by atoms with Crippen LogP contribution in [0.1, 0.15) is 46.1 Å². The van der Waals surface area contributed by atoms with Gasteiger partial charge in [0.2, 0.25) is 0 Å². The number of hydrogen-bond donors (Lipinski definition) is 1. The zero-order valence-corrected chi connectivity index (χ0v) is 16.7. The van der Waals surface area contributed by atoms with Crippen LogP contribution in [0.15, 0.2) is 36.4 Å². The Bertz CT molecular complexity index is 1090. The number of carbonyl (C=O) groups excluding carboxylic acids is 1. The highest BCUT2D eigenvalue weighted by Crippen LogP contribution is 2.33. The Morgan fingerprint density at radius 1 is 1.27 bits per heavy atom. The number of hydrogen-bond acceptors (Lipinski definition) is 3. The van der Waals surface area contributed by atoms with Crippen LogP contribution in [0.5, 0.6) is 5.75 Å². The largest absolute Gasteiger partial charge is 0.496 e. The molecular weight excluding hydrogens is 395 g/mol. The van der Waals surface area contributed by atoms with E-state index >= 15 is 0 Å². The highest BCUT2D eigenvalue weighted by atomic mass is 19.4. The third-order valence-electron chi connectivity index (χ3n) is 5.58. The minimum absolute atomic E-state index is 0.00189. The molecule has 0 bridgehead atoms. The number of aromatic nitrogens is 2. The number of rotatable bonds is 3. The summed E-state index contributed by atoms with van der Waals surface area (Å²) in [7, 11) is 1.55. The number of aryl methyl sites for hydroxylation is 1. The molecule has 0 radical (unpaired) electrons.